The van der Waals surface area contributed by atoms with Gasteiger partial charge in [-0.15, -0.1) is 0 Å². The van der Waals surface area contributed by atoms with Gasteiger partial charge in [-0.25, -0.2) is 8.42 Å². The summed E-state index contributed by atoms with van der Waals surface area (Å²) in [5.74, 6) is 0.661. The number of anilines is 1. The lowest BCUT2D eigenvalue weighted by atomic mass is 10.1. The Kier molecular flexibility index (Phi) is 8.02. The number of carbonyl (C=O) groups excluding carboxylic acids is 1. The summed E-state index contributed by atoms with van der Waals surface area (Å²) in [6.07, 6.45) is 2.05. The molecule has 25 heavy (non-hydrogen) atoms. The predicted octanol–water partition coefficient (Wildman–Crippen LogP) is 2.98. The second-order valence-electron chi connectivity index (χ2n) is 6.39. The molecule has 0 saturated heterocycles. The standard InChI is InChI=1S/C17H27ClN2O4S/c1-12(2)6-8-19-17(21)7-9-20(25(5,22)23)15-10-13(3)14(18)11-16(15)24-4/h10-12H,6-9H2,1-5H3,(H,19,21). The Labute approximate surface area is 155 Å². The van der Waals surface area contributed by atoms with Crippen molar-refractivity contribution in [3.05, 3.63) is 22.7 Å². The molecule has 0 aliphatic heterocycles. The van der Waals surface area contributed by atoms with Gasteiger partial charge in [0.2, 0.25) is 15.9 Å². The molecule has 0 aliphatic rings. The Morgan fingerprint density at radius 1 is 1.36 bits per heavy atom. The summed E-state index contributed by atoms with van der Waals surface area (Å²) in [6, 6.07) is 3.23. The van der Waals surface area contributed by atoms with E-state index in [1.807, 2.05) is 0 Å². The Morgan fingerprint density at radius 3 is 2.52 bits per heavy atom. The maximum absolute atomic E-state index is 12.2. The Balaban J connectivity index is 2.94. The molecule has 0 unspecified atom stereocenters. The number of sulfonamides is 1. The molecule has 1 aromatic rings. The summed E-state index contributed by atoms with van der Waals surface area (Å²) in [7, 11) is -2.13. The number of hydrogen-bond donors (Lipinski definition) is 1. The van der Waals surface area contributed by atoms with E-state index in [1.165, 1.54) is 11.4 Å². The molecular formula is C17H27ClN2O4S. The summed E-state index contributed by atoms with van der Waals surface area (Å²) < 4.78 is 30.9. The van der Waals surface area contributed by atoms with Crippen LogP contribution in [-0.4, -0.2) is 40.8 Å². The van der Waals surface area contributed by atoms with E-state index in [1.54, 1.807) is 19.1 Å². The minimum atomic E-state index is -3.58. The van der Waals surface area contributed by atoms with E-state index in [4.69, 9.17) is 16.3 Å². The zero-order chi connectivity index (χ0) is 19.2. The Morgan fingerprint density at radius 2 is 2.00 bits per heavy atom. The lowest BCUT2D eigenvalue weighted by molar-refractivity contribution is -0.120. The van der Waals surface area contributed by atoms with Gasteiger partial charge in [0.05, 0.1) is 19.1 Å². The zero-order valence-electron chi connectivity index (χ0n) is 15.4. The van der Waals surface area contributed by atoms with Gasteiger partial charge in [0.25, 0.3) is 0 Å². The van der Waals surface area contributed by atoms with Gasteiger partial charge in [0.15, 0.2) is 0 Å². The van der Waals surface area contributed by atoms with Gasteiger partial charge in [0.1, 0.15) is 5.75 Å². The largest absolute Gasteiger partial charge is 0.494 e. The molecule has 0 saturated carbocycles. The van der Waals surface area contributed by atoms with Gasteiger partial charge in [-0.05, 0) is 30.9 Å². The van der Waals surface area contributed by atoms with Crippen LogP contribution in [0.15, 0.2) is 12.1 Å². The van der Waals surface area contributed by atoms with Gasteiger partial charge in [0, 0.05) is 30.6 Å². The van der Waals surface area contributed by atoms with E-state index in [9.17, 15) is 13.2 Å². The first-order chi connectivity index (χ1) is 11.6. The molecule has 0 radical (unpaired) electrons. The van der Waals surface area contributed by atoms with E-state index in [0.717, 1.165) is 18.2 Å². The number of hydrogen-bond acceptors (Lipinski definition) is 4. The first-order valence-corrected chi connectivity index (χ1v) is 10.4. The van der Waals surface area contributed by atoms with Crippen LogP contribution in [0.3, 0.4) is 0 Å². The molecule has 8 heteroatoms. The molecule has 0 fully saturated rings. The highest BCUT2D eigenvalue weighted by molar-refractivity contribution is 7.92. The summed E-state index contributed by atoms with van der Waals surface area (Å²) in [6.45, 7) is 6.55. The highest BCUT2D eigenvalue weighted by Gasteiger charge is 2.23. The molecule has 142 valence electrons. The molecule has 1 amide bonds. The second-order valence-corrected chi connectivity index (χ2v) is 8.70. The molecule has 6 nitrogen and oxygen atoms in total. The molecule has 0 aromatic heterocycles. The zero-order valence-corrected chi connectivity index (χ0v) is 17.0. The van der Waals surface area contributed by atoms with Crippen LogP contribution in [0.4, 0.5) is 5.69 Å². The lowest BCUT2D eigenvalue weighted by Gasteiger charge is -2.25. The van der Waals surface area contributed by atoms with Gasteiger partial charge in [-0.2, -0.15) is 0 Å². The van der Waals surface area contributed by atoms with Crippen LogP contribution in [0.5, 0.6) is 5.75 Å². The Hall–Kier alpha value is -1.47. The summed E-state index contributed by atoms with van der Waals surface area (Å²) in [5, 5.41) is 3.30. The van der Waals surface area contributed by atoms with Crippen LogP contribution in [0, 0.1) is 12.8 Å². The normalized spacial score (nSPS) is 11.5. The fourth-order valence-electron chi connectivity index (χ4n) is 2.26. The first kappa shape index (κ1) is 21.6. The number of carbonyl (C=O) groups is 1. The minimum Gasteiger partial charge on any atom is -0.494 e. The van der Waals surface area contributed by atoms with E-state index in [0.29, 0.717) is 28.9 Å². The summed E-state index contributed by atoms with van der Waals surface area (Å²) in [4.78, 5) is 12.0. The van der Waals surface area contributed by atoms with Crippen molar-refractivity contribution in [1.82, 2.24) is 5.32 Å². The number of aryl methyl sites for hydroxylation is 1. The summed E-state index contributed by atoms with van der Waals surface area (Å²) in [5.41, 5.74) is 1.11. The number of halogens is 1. The number of nitrogens with zero attached hydrogens (tertiary/aromatic N) is 1. The number of nitrogens with one attached hydrogen (secondary N) is 1. The molecule has 0 heterocycles. The van der Waals surface area contributed by atoms with Gasteiger partial charge < -0.3 is 10.1 Å². The minimum absolute atomic E-state index is 0.0315. The highest BCUT2D eigenvalue weighted by atomic mass is 35.5. The van der Waals surface area contributed by atoms with Crippen LogP contribution in [0.25, 0.3) is 0 Å². The van der Waals surface area contributed by atoms with E-state index >= 15 is 0 Å². The van der Waals surface area contributed by atoms with Crippen molar-refractivity contribution in [2.45, 2.75) is 33.6 Å². The molecule has 1 rings (SSSR count). The maximum atomic E-state index is 12.2. The first-order valence-electron chi connectivity index (χ1n) is 8.14. The van der Waals surface area contributed by atoms with Crippen molar-refractivity contribution in [1.29, 1.82) is 0 Å². The van der Waals surface area contributed by atoms with E-state index in [2.05, 4.69) is 19.2 Å². The third-order valence-corrected chi connectivity index (χ3v) is 5.30. The molecule has 0 aliphatic carbocycles. The van der Waals surface area contributed by atoms with Crippen LogP contribution in [-0.2, 0) is 14.8 Å². The van der Waals surface area contributed by atoms with Crippen LogP contribution < -0.4 is 14.4 Å². The number of rotatable bonds is 9. The predicted molar refractivity (Wildman–Crippen MR) is 102 cm³/mol. The van der Waals surface area contributed by atoms with Crippen molar-refractivity contribution in [3.8, 4) is 5.75 Å². The monoisotopic (exact) mass is 390 g/mol. The van der Waals surface area contributed by atoms with Crippen molar-refractivity contribution in [2.75, 3.05) is 30.8 Å². The van der Waals surface area contributed by atoms with Crippen molar-refractivity contribution < 1.29 is 17.9 Å². The van der Waals surface area contributed by atoms with Crippen molar-refractivity contribution >= 4 is 33.2 Å². The van der Waals surface area contributed by atoms with E-state index in [-0.39, 0.29) is 18.9 Å². The SMILES string of the molecule is COc1cc(Cl)c(C)cc1N(CCC(=O)NCCC(C)C)S(C)(=O)=O. The average Bonchev–Trinajstić information content (AvgIpc) is 2.48. The topological polar surface area (TPSA) is 75.7 Å². The van der Waals surface area contributed by atoms with Crippen molar-refractivity contribution in [2.24, 2.45) is 5.92 Å². The van der Waals surface area contributed by atoms with Crippen molar-refractivity contribution in [3.63, 3.8) is 0 Å². The maximum Gasteiger partial charge on any atom is 0.232 e. The number of benzene rings is 1. The quantitative estimate of drug-likeness (QED) is 0.703. The smallest absolute Gasteiger partial charge is 0.232 e. The second kappa shape index (κ2) is 9.29. The number of ether oxygens (including phenoxy) is 1. The van der Waals surface area contributed by atoms with Gasteiger partial charge in [-0.1, -0.05) is 25.4 Å². The lowest BCUT2D eigenvalue weighted by Crippen LogP contribution is -2.35. The third kappa shape index (κ3) is 6.74. The third-order valence-electron chi connectivity index (χ3n) is 3.71. The molecule has 1 aromatic carbocycles. The van der Waals surface area contributed by atoms with Crippen LogP contribution in [0.2, 0.25) is 5.02 Å². The molecule has 0 spiro atoms. The Bertz CT molecular complexity index is 705. The highest BCUT2D eigenvalue weighted by Crippen LogP contribution is 2.35. The number of amides is 1. The fourth-order valence-corrected chi connectivity index (χ4v) is 3.34. The van der Waals surface area contributed by atoms with Crippen LogP contribution in [0.1, 0.15) is 32.3 Å². The number of methoxy groups -OCH3 is 1. The average molecular weight is 391 g/mol. The molecule has 0 bridgehead atoms. The summed E-state index contributed by atoms with van der Waals surface area (Å²) >= 11 is 6.08. The fraction of sp³-hybridized carbons (Fsp3) is 0.588. The molecule has 1 N–H and O–H groups in total. The van der Waals surface area contributed by atoms with E-state index < -0.39 is 10.0 Å². The molecule has 0 atom stereocenters. The molecular weight excluding hydrogens is 364 g/mol. The van der Waals surface area contributed by atoms with Crippen LogP contribution >= 0.6 is 11.6 Å². The van der Waals surface area contributed by atoms with Gasteiger partial charge in [-0.3, -0.25) is 9.10 Å². The van der Waals surface area contributed by atoms with Gasteiger partial charge >= 0.3 is 0 Å².